The maximum atomic E-state index is 12.9. The smallest absolute Gasteiger partial charge is 0.385 e. The Morgan fingerprint density at radius 3 is 2.83 bits per heavy atom. The van der Waals surface area contributed by atoms with E-state index in [0.717, 1.165) is 12.3 Å². The third-order valence-electron chi connectivity index (χ3n) is 4.65. The lowest BCUT2D eigenvalue weighted by atomic mass is 9.83. The third-order valence-corrected chi connectivity index (χ3v) is 4.65. The third kappa shape index (κ3) is 2.75. The van der Waals surface area contributed by atoms with E-state index in [1.54, 1.807) is 4.90 Å². The Balaban J connectivity index is 1.97. The number of hydrogen-bond acceptors (Lipinski definition) is 4. The number of aliphatic hydroxyl groups is 1. The van der Waals surface area contributed by atoms with Crippen molar-refractivity contribution in [1.29, 1.82) is 0 Å². The van der Waals surface area contributed by atoms with E-state index in [0.29, 0.717) is 25.5 Å². The Kier molecular flexibility index (Phi) is 3.82. The molecule has 1 amide bonds. The number of pyridine rings is 1. The van der Waals surface area contributed by atoms with Crippen LogP contribution in [0.3, 0.4) is 0 Å². The number of aromatic nitrogens is 1. The highest BCUT2D eigenvalue weighted by molar-refractivity contribution is 5.87. The molecule has 1 fully saturated rings. The van der Waals surface area contributed by atoms with Crippen LogP contribution in [0.25, 0.3) is 0 Å². The summed E-state index contributed by atoms with van der Waals surface area (Å²) in [7, 11) is 0. The molecule has 24 heavy (non-hydrogen) atoms. The van der Waals surface area contributed by atoms with Gasteiger partial charge < -0.3 is 14.9 Å². The lowest BCUT2D eigenvalue weighted by molar-refractivity contribution is -0.138. The second-order valence-corrected chi connectivity index (χ2v) is 6.41. The fourth-order valence-electron chi connectivity index (χ4n) is 3.44. The van der Waals surface area contributed by atoms with E-state index in [2.05, 4.69) is 11.6 Å². The molecule has 1 saturated heterocycles. The minimum atomic E-state index is -4.51. The predicted molar refractivity (Wildman–Crippen MR) is 81.3 cm³/mol. The number of carbonyl (C=O) groups is 1. The van der Waals surface area contributed by atoms with Crippen LogP contribution in [0.4, 0.5) is 19.0 Å². The summed E-state index contributed by atoms with van der Waals surface area (Å²) < 4.78 is 38.8. The second kappa shape index (κ2) is 5.47. The van der Waals surface area contributed by atoms with Gasteiger partial charge in [0.2, 0.25) is 5.91 Å². The molecule has 0 bridgehead atoms. The van der Waals surface area contributed by atoms with Gasteiger partial charge in [-0.05, 0) is 19.1 Å². The van der Waals surface area contributed by atoms with Crippen LogP contribution < -0.4 is 4.90 Å². The largest absolute Gasteiger partial charge is 0.417 e. The molecule has 0 aromatic carbocycles. The number of piperazine rings is 1. The van der Waals surface area contributed by atoms with Crippen molar-refractivity contribution in [2.45, 2.75) is 31.2 Å². The average Bonchev–Trinajstić information content (AvgIpc) is 2.52. The number of halogens is 3. The Hall–Kier alpha value is -2.09. The second-order valence-electron chi connectivity index (χ2n) is 6.41. The van der Waals surface area contributed by atoms with Crippen molar-refractivity contribution < 1.29 is 23.1 Å². The molecule has 3 heterocycles. The maximum Gasteiger partial charge on any atom is 0.417 e. The predicted octanol–water partition coefficient (Wildman–Crippen LogP) is 1.91. The van der Waals surface area contributed by atoms with Crippen LogP contribution in [0.2, 0.25) is 0 Å². The van der Waals surface area contributed by atoms with E-state index in [9.17, 15) is 23.1 Å². The molecular weight excluding hydrogens is 323 g/mol. The maximum absolute atomic E-state index is 12.9. The van der Waals surface area contributed by atoms with Crippen molar-refractivity contribution in [2.24, 2.45) is 0 Å². The van der Waals surface area contributed by atoms with Crippen LogP contribution in [0.15, 0.2) is 24.9 Å². The van der Waals surface area contributed by atoms with Crippen molar-refractivity contribution in [2.75, 3.05) is 24.5 Å². The zero-order chi connectivity index (χ0) is 17.7. The number of hydrogen-bond donors (Lipinski definition) is 1. The van der Waals surface area contributed by atoms with Gasteiger partial charge >= 0.3 is 6.18 Å². The van der Waals surface area contributed by atoms with Crippen molar-refractivity contribution in [3.8, 4) is 0 Å². The molecule has 130 valence electrons. The van der Waals surface area contributed by atoms with Crippen molar-refractivity contribution in [3.05, 3.63) is 36.0 Å². The van der Waals surface area contributed by atoms with Crippen LogP contribution in [0.5, 0.6) is 0 Å². The monoisotopic (exact) mass is 341 g/mol. The summed E-state index contributed by atoms with van der Waals surface area (Å²) in [6.45, 7) is 6.21. The van der Waals surface area contributed by atoms with Crippen LogP contribution in [0.1, 0.15) is 24.5 Å². The summed E-state index contributed by atoms with van der Waals surface area (Å²) >= 11 is 0. The molecule has 8 heteroatoms. The SMILES string of the molecule is C=CC(=O)N1CCN2c3ncc(C(F)(F)F)cc3C(C)(O)CC2C1. The Bertz CT molecular complexity index is 688. The normalized spacial score (nSPS) is 26.6. The van der Waals surface area contributed by atoms with Gasteiger partial charge in [-0.25, -0.2) is 4.98 Å². The number of nitrogens with zero attached hydrogens (tertiary/aromatic N) is 3. The molecule has 2 atom stereocenters. The van der Waals surface area contributed by atoms with Crippen LogP contribution in [-0.2, 0) is 16.6 Å². The summed E-state index contributed by atoms with van der Waals surface area (Å²) in [6, 6.07) is 0.772. The minimum absolute atomic E-state index is 0.178. The summed E-state index contributed by atoms with van der Waals surface area (Å²) in [6.07, 6.45) is -2.26. The van der Waals surface area contributed by atoms with Gasteiger partial charge in [0.1, 0.15) is 5.82 Å². The van der Waals surface area contributed by atoms with E-state index < -0.39 is 17.3 Å². The van der Waals surface area contributed by atoms with E-state index in [-0.39, 0.29) is 23.9 Å². The summed E-state index contributed by atoms with van der Waals surface area (Å²) in [5.41, 5.74) is -2.14. The number of rotatable bonds is 1. The van der Waals surface area contributed by atoms with Crippen molar-refractivity contribution in [3.63, 3.8) is 0 Å². The van der Waals surface area contributed by atoms with Gasteiger partial charge in [-0.15, -0.1) is 0 Å². The first-order valence-electron chi connectivity index (χ1n) is 7.61. The van der Waals surface area contributed by atoms with Gasteiger partial charge in [-0.2, -0.15) is 13.2 Å². The molecule has 1 N–H and O–H groups in total. The van der Waals surface area contributed by atoms with Gasteiger partial charge in [0.05, 0.1) is 17.2 Å². The molecule has 0 saturated carbocycles. The van der Waals surface area contributed by atoms with E-state index in [4.69, 9.17) is 0 Å². The van der Waals surface area contributed by atoms with E-state index in [1.807, 2.05) is 4.90 Å². The zero-order valence-electron chi connectivity index (χ0n) is 13.2. The lowest BCUT2D eigenvalue weighted by Gasteiger charge is -2.49. The quantitative estimate of drug-likeness (QED) is 0.793. The summed E-state index contributed by atoms with van der Waals surface area (Å²) in [5, 5.41) is 10.7. The molecular formula is C16H18F3N3O2. The van der Waals surface area contributed by atoms with Crippen LogP contribution in [-0.4, -0.2) is 46.6 Å². The summed E-state index contributed by atoms with van der Waals surface area (Å²) in [4.78, 5) is 19.3. The highest BCUT2D eigenvalue weighted by Gasteiger charge is 2.44. The topological polar surface area (TPSA) is 56.7 Å². The molecule has 1 aromatic rings. The molecule has 2 aliphatic rings. The van der Waals surface area contributed by atoms with Gasteiger partial charge in [0, 0.05) is 37.8 Å². The Morgan fingerprint density at radius 2 is 2.21 bits per heavy atom. The molecule has 5 nitrogen and oxygen atoms in total. The molecule has 0 aliphatic carbocycles. The first-order valence-corrected chi connectivity index (χ1v) is 7.61. The average molecular weight is 341 g/mol. The number of anilines is 1. The van der Waals surface area contributed by atoms with E-state index >= 15 is 0 Å². The first kappa shape index (κ1) is 16.8. The fourth-order valence-corrected chi connectivity index (χ4v) is 3.44. The van der Waals surface area contributed by atoms with Crippen LogP contribution >= 0.6 is 0 Å². The minimum Gasteiger partial charge on any atom is -0.385 e. The van der Waals surface area contributed by atoms with Crippen LogP contribution in [0, 0.1) is 0 Å². The van der Waals surface area contributed by atoms with Crippen molar-refractivity contribution in [1.82, 2.24) is 9.88 Å². The number of alkyl halides is 3. The molecule has 2 aliphatic heterocycles. The van der Waals surface area contributed by atoms with Gasteiger partial charge in [0.25, 0.3) is 0 Å². The lowest BCUT2D eigenvalue weighted by Crippen LogP contribution is -2.59. The zero-order valence-corrected chi connectivity index (χ0v) is 13.2. The summed E-state index contributed by atoms with van der Waals surface area (Å²) in [5.74, 6) is 0.162. The number of carbonyl (C=O) groups excluding carboxylic acids is 1. The highest BCUT2D eigenvalue weighted by Crippen LogP contribution is 2.43. The molecule has 0 radical (unpaired) electrons. The van der Waals surface area contributed by atoms with E-state index in [1.165, 1.54) is 13.0 Å². The molecule has 2 unspecified atom stereocenters. The molecule has 1 aromatic heterocycles. The number of fused-ring (bicyclic) bond motifs is 3. The standard InChI is InChI=1S/C16H18F3N3O2/c1-3-13(23)21-4-5-22-11(9-21)7-15(2,24)12-6-10(16(17,18)19)8-20-14(12)22/h3,6,8,11,24H,1,4-5,7,9H2,2H3. The first-order chi connectivity index (χ1) is 11.1. The van der Waals surface area contributed by atoms with Gasteiger partial charge in [-0.1, -0.05) is 6.58 Å². The Morgan fingerprint density at radius 1 is 1.50 bits per heavy atom. The van der Waals surface area contributed by atoms with Crippen molar-refractivity contribution >= 4 is 11.7 Å². The number of amides is 1. The molecule has 3 rings (SSSR count). The van der Waals surface area contributed by atoms with Gasteiger partial charge in [-0.3, -0.25) is 4.79 Å². The molecule has 0 spiro atoms. The Labute approximate surface area is 137 Å². The van der Waals surface area contributed by atoms with Gasteiger partial charge in [0.15, 0.2) is 0 Å². The highest BCUT2D eigenvalue weighted by atomic mass is 19.4. The fraction of sp³-hybridized carbons (Fsp3) is 0.500.